The number of methoxy groups -OCH3 is 2. The lowest BCUT2D eigenvalue weighted by atomic mass is 9.90. The Morgan fingerprint density at radius 2 is 1.22 bits per heavy atom. The zero-order valence-corrected chi connectivity index (χ0v) is 67.2. The van der Waals surface area contributed by atoms with Gasteiger partial charge in [0, 0.05) is 69.2 Å². The van der Waals surface area contributed by atoms with Crippen molar-refractivity contribution < 1.29 is 101 Å². The van der Waals surface area contributed by atoms with E-state index in [1.807, 2.05) is 50.2 Å². The van der Waals surface area contributed by atoms with Crippen molar-refractivity contribution in [3.63, 3.8) is 0 Å². The topological polar surface area (TPSA) is 558 Å². The van der Waals surface area contributed by atoms with Crippen LogP contribution in [0, 0.1) is 12.7 Å². The molecule has 0 saturated carbocycles. The molecule has 0 aliphatic carbocycles. The third-order valence-electron chi connectivity index (χ3n) is 20.4. The number of carboxylic acids is 2. The molecule has 12 atom stereocenters. The molecular weight excluding hydrogens is 1560 g/mol. The number of aliphatic carboxylic acids is 2. The number of primary amides is 1. The van der Waals surface area contributed by atoms with Gasteiger partial charge in [-0.1, -0.05) is 85.8 Å². The molecule has 12 amide bonds. The maximum Gasteiger partial charge on any atom is 0.407 e. The summed E-state index contributed by atoms with van der Waals surface area (Å²) in [4.78, 5) is 214. The average Bonchev–Trinajstić information content (AvgIpc) is 1.64. The fourth-order valence-corrected chi connectivity index (χ4v) is 13.6. The number of nitrogens with two attached hydrogens (primary N) is 1. The van der Waals surface area contributed by atoms with Crippen LogP contribution in [0.25, 0.3) is 22.4 Å². The van der Waals surface area contributed by atoms with Gasteiger partial charge < -0.3 is 104 Å². The molecule has 38 heteroatoms. The average molecular weight is 1660 g/mol. The molecule has 0 radical (unpaired) electrons. The molecule has 4 heterocycles. The number of aromatic amines is 2. The molecule has 1 fully saturated rings. The van der Waals surface area contributed by atoms with E-state index < -0.39 is 199 Å². The molecule has 640 valence electrons. The minimum atomic E-state index is -2.44. The highest BCUT2D eigenvalue weighted by Crippen LogP contribution is 2.32. The maximum absolute atomic E-state index is 15.7. The van der Waals surface area contributed by atoms with Crippen LogP contribution in [0.4, 0.5) is 9.18 Å². The molecule has 7 aromatic rings. The molecule has 4 aromatic carbocycles. The van der Waals surface area contributed by atoms with Crippen molar-refractivity contribution in [3.05, 3.63) is 179 Å². The van der Waals surface area contributed by atoms with Crippen molar-refractivity contribution in [1.82, 2.24) is 83.0 Å². The van der Waals surface area contributed by atoms with Gasteiger partial charge in [0.2, 0.25) is 65.0 Å². The number of alkyl carbamates (subject to hydrolysis) is 1. The summed E-state index contributed by atoms with van der Waals surface area (Å²) in [5, 5.41) is 66.4. The number of carbonyl (C=O) groups excluding carboxylic acids is 12. The van der Waals surface area contributed by atoms with Crippen LogP contribution in [-0.2, 0) is 106 Å². The molecule has 37 nitrogen and oxygen atoms in total. The Labute approximate surface area is 688 Å². The Bertz CT molecular complexity index is 4820. The summed E-state index contributed by atoms with van der Waals surface area (Å²) in [6, 6.07) is 14.4. The summed E-state index contributed by atoms with van der Waals surface area (Å²) in [5.74, 6) is -15.7. The minimum Gasteiger partial charge on any atom is -0.497 e. The number of carbonyl (C=O) groups is 14. The Morgan fingerprint density at radius 1 is 0.625 bits per heavy atom. The fraction of sp³-hybridized carbons (Fsp3) is 0.402. The van der Waals surface area contributed by atoms with Gasteiger partial charge in [-0.15, -0.1) is 0 Å². The van der Waals surface area contributed by atoms with E-state index in [0.717, 1.165) is 61.8 Å². The van der Waals surface area contributed by atoms with Gasteiger partial charge in [-0.25, -0.2) is 19.2 Å². The first kappa shape index (κ1) is 92.0. The highest BCUT2D eigenvalue weighted by molar-refractivity contribution is 6.01. The fourth-order valence-electron chi connectivity index (χ4n) is 13.6. The molecule has 1 aliphatic heterocycles. The van der Waals surface area contributed by atoms with Crippen molar-refractivity contribution in [1.29, 1.82) is 0 Å². The number of pyridine rings is 1. The molecule has 2 unspecified atom stereocenters. The van der Waals surface area contributed by atoms with E-state index in [4.69, 9.17) is 15.2 Å². The first-order valence-corrected chi connectivity index (χ1v) is 38.5. The van der Waals surface area contributed by atoms with Crippen molar-refractivity contribution in [2.75, 3.05) is 27.3 Å². The summed E-state index contributed by atoms with van der Waals surface area (Å²) >= 11 is 0. The third-order valence-corrected chi connectivity index (χ3v) is 20.4. The maximum atomic E-state index is 15.7. The van der Waals surface area contributed by atoms with Crippen molar-refractivity contribution in [2.45, 2.75) is 184 Å². The molecule has 1 saturated heterocycles. The van der Waals surface area contributed by atoms with Crippen LogP contribution >= 0.6 is 0 Å². The highest BCUT2D eigenvalue weighted by atomic mass is 19.1. The number of benzene rings is 4. The number of nitrogens with one attached hydrogen (secondary N) is 12. The first-order valence-electron chi connectivity index (χ1n) is 38.5. The summed E-state index contributed by atoms with van der Waals surface area (Å²) in [5.41, 5.74) is 8.04. The van der Waals surface area contributed by atoms with E-state index in [1.165, 1.54) is 61.3 Å². The van der Waals surface area contributed by atoms with E-state index in [0.29, 0.717) is 34.7 Å². The zero-order chi connectivity index (χ0) is 87.7. The number of aliphatic hydroxyl groups excluding tert-OH is 2. The molecule has 0 bridgehead atoms. The number of likely N-dealkylation sites (tertiary alicyclic amines) is 1. The largest absolute Gasteiger partial charge is 0.497 e. The van der Waals surface area contributed by atoms with Crippen LogP contribution in [0.2, 0.25) is 0 Å². The van der Waals surface area contributed by atoms with Crippen molar-refractivity contribution in [2.24, 2.45) is 5.73 Å². The predicted octanol–water partition coefficient (Wildman–Crippen LogP) is 0.470. The lowest BCUT2D eigenvalue weighted by molar-refractivity contribution is -0.146. The Balaban J connectivity index is 0.988. The highest BCUT2D eigenvalue weighted by Gasteiger charge is 2.49. The van der Waals surface area contributed by atoms with Gasteiger partial charge in [0.15, 0.2) is 0 Å². The molecule has 3 aromatic heterocycles. The van der Waals surface area contributed by atoms with Gasteiger partial charge in [-0.2, -0.15) is 0 Å². The Hall–Kier alpha value is -13.5. The van der Waals surface area contributed by atoms with Gasteiger partial charge in [-0.3, -0.25) is 67.3 Å². The number of aliphatic hydroxyl groups is 2. The van der Waals surface area contributed by atoms with Gasteiger partial charge in [-0.05, 0) is 124 Å². The molecule has 120 heavy (non-hydrogen) atoms. The van der Waals surface area contributed by atoms with E-state index in [9.17, 15) is 87.5 Å². The lowest BCUT2D eigenvalue weighted by Crippen LogP contribution is -2.67. The number of hydrogen-bond donors (Lipinski definition) is 17. The second-order valence-corrected chi connectivity index (χ2v) is 29.4. The van der Waals surface area contributed by atoms with Crippen LogP contribution in [0.3, 0.4) is 0 Å². The van der Waals surface area contributed by atoms with Gasteiger partial charge in [0.1, 0.15) is 71.0 Å². The van der Waals surface area contributed by atoms with E-state index >= 15 is 4.39 Å². The van der Waals surface area contributed by atoms with Crippen LogP contribution in [0.1, 0.15) is 106 Å². The molecule has 18 N–H and O–H groups in total. The molecule has 8 rings (SSSR count). The first-order chi connectivity index (χ1) is 57.0. The third kappa shape index (κ3) is 25.3. The van der Waals surface area contributed by atoms with E-state index in [1.54, 1.807) is 49.6 Å². The number of halogens is 1. The lowest BCUT2D eigenvalue weighted by Gasteiger charge is -2.37. The SMILES string of the molecule is CCc1cc(OC)ccc1-c1ccc(C[C@H](NC(=O)[C@H](CC(=O)O)NC(=O)[C@H](Cc2c[nH]cn2)NC(=O)[C@@H](NC(=O)C(C)(Cc2ccccc2F)NC(=O)[C@@H](NC(=O)CNC(=O)[C@H](CCC(=O)O)NC(=O)C2(C)CCCN2C(=O)[C@H](Cc2c[nH]cn2)NC(=O)OC)[C@@H](C)O)[C@@H](C)O)C(=O)N[C@@H](Cc2ccc(-c3ccccc3C)nc2)C(N)=O)cc1. The van der Waals surface area contributed by atoms with Crippen LogP contribution in [0.5, 0.6) is 5.75 Å². The predicted molar refractivity (Wildman–Crippen MR) is 428 cm³/mol. The Kier molecular flexibility index (Phi) is 32.6. The van der Waals surface area contributed by atoms with Gasteiger partial charge >= 0.3 is 18.0 Å². The quantitative estimate of drug-likeness (QED) is 0.0247. The summed E-state index contributed by atoms with van der Waals surface area (Å²) in [6.45, 7) is 7.46. The molecule has 1 aliphatic rings. The summed E-state index contributed by atoms with van der Waals surface area (Å²) < 4.78 is 25.9. The summed E-state index contributed by atoms with van der Waals surface area (Å²) in [7, 11) is 2.63. The van der Waals surface area contributed by atoms with E-state index in [-0.39, 0.29) is 49.9 Å². The minimum absolute atomic E-state index is 0.0139. The number of hydrogen-bond acceptors (Lipinski definition) is 21. The van der Waals surface area contributed by atoms with Crippen LogP contribution in [0.15, 0.2) is 134 Å². The van der Waals surface area contributed by atoms with Crippen molar-refractivity contribution in [3.8, 4) is 28.1 Å². The zero-order valence-electron chi connectivity index (χ0n) is 67.2. The monoisotopic (exact) mass is 1660 g/mol. The van der Waals surface area contributed by atoms with Crippen LogP contribution < -0.4 is 63.6 Å². The number of carboxylic acid groups (broad SMARTS) is 2. The number of ether oxygens (including phenoxy) is 2. The van der Waals surface area contributed by atoms with E-state index in [2.05, 4.69) is 78.1 Å². The van der Waals surface area contributed by atoms with Gasteiger partial charge in [0.05, 0.1) is 69.1 Å². The number of rotatable bonds is 42. The smallest absolute Gasteiger partial charge is 0.407 e. The van der Waals surface area contributed by atoms with Gasteiger partial charge in [0.25, 0.3) is 0 Å². The molecular formula is C82H100FN17O20. The number of imidazole rings is 2. The summed E-state index contributed by atoms with van der Waals surface area (Å²) in [6.07, 6.45) is -1.10. The second-order valence-electron chi connectivity index (χ2n) is 29.4. The number of nitrogens with zero attached hydrogens (tertiary/aromatic N) is 4. The number of amides is 12. The number of aromatic nitrogens is 5. The number of H-pyrrole nitrogens is 2. The second kappa shape index (κ2) is 42.6. The normalized spacial score (nSPS) is 16.0. The molecule has 0 spiro atoms. The Morgan fingerprint density at radius 3 is 1.80 bits per heavy atom. The van der Waals surface area contributed by atoms with Crippen LogP contribution in [-0.4, -0.2) is 232 Å². The number of aryl methyl sites for hydroxylation is 2. The standard InChI is InChI=1S/C82H100FN17O20/c1-9-49-33-54(119-7)24-25-56(49)50-22-19-47(20-23-50)31-61(72(110)91-60(70(84)108)32-48-21-26-58(87-38-48)55-17-12-10-15-44(55)2)92-74(112)63(36-67(106)107)93-73(111)62(34-52-39-85-42-89-52)94-75(113)68(45(3)101)98-78(116)81(5,37-51-16-11-13-18-57(51)83)99-76(114)69(46(4)102)97-65(103)41-88-71(109)59(27-28-66(104)105)95-79(117)82(6)29-14-30-100(82)77(115)64(96-80(118)120-8)35-53-40-86-43-90-53/h10-13,15-26,33,38-40,42-43,45-46,59-64,68-69,101-102H,9,14,27-32,34-37,41H2,1-8H3,(H2,84,108)(H,85,89)(H,86,90)(H,88,109)(H,91,110)(H,92,112)(H,93,111)(H,94,113)(H,95,117)(H,96,118)(H,97,103)(H,98,116)(H,99,114)(H,104,105)(H,106,107)/t45-,46-,59+,60+,61+,62+,63+,64+,68+,69+,81?,82?/m1/s1. The van der Waals surface area contributed by atoms with Crippen molar-refractivity contribution >= 4 is 83.0 Å².